The van der Waals surface area contributed by atoms with Gasteiger partial charge >= 0.3 is 5.97 Å². The Hall–Kier alpha value is -1.54. The van der Waals surface area contributed by atoms with E-state index in [0.717, 1.165) is 29.4 Å². The third-order valence-electron chi connectivity index (χ3n) is 3.70. The van der Waals surface area contributed by atoms with E-state index in [4.69, 9.17) is 10.4 Å². The molecule has 1 aromatic rings. The molecule has 0 radical (unpaired) electrons. The Bertz CT molecular complexity index is 533. The molecule has 5 heteroatoms. The maximum Gasteiger partial charge on any atom is 0.303 e. The van der Waals surface area contributed by atoms with Crippen LogP contribution in [0, 0.1) is 16.7 Å². The Morgan fingerprint density at radius 3 is 2.79 bits per heavy atom. The van der Waals surface area contributed by atoms with Crippen molar-refractivity contribution in [2.24, 2.45) is 5.41 Å². The molecule has 1 fully saturated rings. The number of nitrogens with zero attached hydrogens (tertiary/aromatic N) is 1. The van der Waals surface area contributed by atoms with Crippen molar-refractivity contribution in [2.75, 3.05) is 11.9 Å². The fourth-order valence-electron chi connectivity index (χ4n) is 2.46. The number of rotatable bonds is 5. The molecule has 0 heterocycles. The molecule has 0 spiro atoms. The Morgan fingerprint density at radius 2 is 2.26 bits per heavy atom. The van der Waals surface area contributed by atoms with Gasteiger partial charge in [-0.1, -0.05) is 22.4 Å². The molecule has 0 aliphatic heterocycles. The Balaban J connectivity index is 2.06. The Kier molecular flexibility index (Phi) is 4.11. The lowest BCUT2D eigenvalue weighted by Crippen LogP contribution is -2.38. The van der Waals surface area contributed by atoms with Crippen LogP contribution in [-0.4, -0.2) is 17.6 Å². The van der Waals surface area contributed by atoms with Gasteiger partial charge in [0, 0.05) is 11.0 Å². The van der Waals surface area contributed by atoms with Gasteiger partial charge in [-0.2, -0.15) is 5.26 Å². The number of carboxylic acid groups (broad SMARTS) is 1. The summed E-state index contributed by atoms with van der Waals surface area (Å²) in [5.74, 6) is -0.752. The summed E-state index contributed by atoms with van der Waals surface area (Å²) in [5.41, 5.74) is 1.19. The van der Waals surface area contributed by atoms with Crippen LogP contribution in [0.15, 0.2) is 22.7 Å². The van der Waals surface area contributed by atoms with Crippen molar-refractivity contribution in [1.82, 2.24) is 0 Å². The summed E-state index contributed by atoms with van der Waals surface area (Å²) in [6, 6.07) is 7.61. The van der Waals surface area contributed by atoms with E-state index in [1.54, 1.807) is 6.07 Å². The third-order valence-corrected chi connectivity index (χ3v) is 4.19. The lowest BCUT2D eigenvalue weighted by molar-refractivity contribution is -0.141. The van der Waals surface area contributed by atoms with Crippen molar-refractivity contribution in [1.29, 1.82) is 5.26 Å². The van der Waals surface area contributed by atoms with Gasteiger partial charge in [0.15, 0.2) is 0 Å². The predicted octanol–water partition coefficient (Wildman–Crippen LogP) is 3.38. The fraction of sp³-hybridized carbons (Fsp3) is 0.429. The second kappa shape index (κ2) is 5.62. The smallest absolute Gasteiger partial charge is 0.303 e. The molecular formula is C14H15BrN2O2. The van der Waals surface area contributed by atoms with Crippen molar-refractivity contribution in [3.63, 3.8) is 0 Å². The molecule has 0 aromatic heterocycles. The summed E-state index contributed by atoms with van der Waals surface area (Å²) in [6.07, 6.45) is 3.15. The highest BCUT2D eigenvalue weighted by Crippen LogP contribution is 2.44. The zero-order chi connectivity index (χ0) is 13.9. The van der Waals surface area contributed by atoms with Crippen LogP contribution < -0.4 is 5.32 Å². The monoisotopic (exact) mass is 322 g/mol. The standard InChI is InChI=1S/C14H15BrN2O2/c15-11-2-3-12(10(6-11)8-16)17-9-14(4-1-5-14)7-13(18)19/h2-3,6,17H,1,4-5,7,9H2,(H,18,19). The van der Waals surface area contributed by atoms with Crippen molar-refractivity contribution < 1.29 is 9.90 Å². The number of carboxylic acids is 1. The molecular weight excluding hydrogens is 308 g/mol. The van der Waals surface area contributed by atoms with Gasteiger partial charge in [0.05, 0.1) is 17.7 Å². The molecule has 2 rings (SSSR count). The number of anilines is 1. The average molecular weight is 323 g/mol. The molecule has 100 valence electrons. The largest absolute Gasteiger partial charge is 0.481 e. The van der Waals surface area contributed by atoms with Crippen LogP contribution in [0.2, 0.25) is 0 Å². The number of halogens is 1. The molecule has 0 saturated heterocycles. The third kappa shape index (κ3) is 3.27. The first kappa shape index (κ1) is 13.9. The molecule has 1 aromatic carbocycles. The van der Waals surface area contributed by atoms with Gasteiger partial charge in [-0.25, -0.2) is 0 Å². The summed E-state index contributed by atoms with van der Waals surface area (Å²) >= 11 is 3.33. The van der Waals surface area contributed by atoms with Crippen LogP contribution in [0.25, 0.3) is 0 Å². The summed E-state index contributed by atoms with van der Waals surface area (Å²) in [4.78, 5) is 10.9. The van der Waals surface area contributed by atoms with E-state index < -0.39 is 5.97 Å². The van der Waals surface area contributed by atoms with E-state index in [1.807, 2.05) is 12.1 Å². The first-order valence-electron chi connectivity index (χ1n) is 6.20. The lowest BCUT2D eigenvalue weighted by Gasteiger charge is -2.41. The van der Waals surface area contributed by atoms with E-state index in [9.17, 15) is 4.79 Å². The minimum atomic E-state index is -0.752. The first-order chi connectivity index (χ1) is 9.04. The minimum Gasteiger partial charge on any atom is -0.481 e. The summed E-state index contributed by atoms with van der Waals surface area (Å²) < 4.78 is 0.860. The molecule has 2 N–H and O–H groups in total. The van der Waals surface area contributed by atoms with Gasteiger partial charge in [0.2, 0.25) is 0 Å². The lowest BCUT2D eigenvalue weighted by atomic mass is 9.66. The van der Waals surface area contributed by atoms with Crippen LogP contribution in [0.1, 0.15) is 31.2 Å². The number of nitriles is 1. The minimum absolute atomic E-state index is 0.147. The van der Waals surface area contributed by atoms with Crippen molar-refractivity contribution in [3.8, 4) is 6.07 Å². The summed E-state index contributed by atoms with van der Waals surface area (Å²) in [5, 5.41) is 21.3. The second-order valence-electron chi connectivity index (χ2n) is 5.08. The zero-order valence-electron chi connectivity index (χ0n) is 10.4. The van der Waals surface area contributed by atoms with E-state index >= 15 is 0 Å². The fourth-order valence-corrected chi connectivity index (χ4v) is 2.82. The first-order valence-corrected chi connectivity index (χ1v) is 6.99. The van der Waals surface area contributed by atoms with E-state index in [1.165, 1.54) is 0 Å². The van der Waals surface area contributed by atoms with Gasteiger partial charge < -0.3 is 10.4 Å². The highest BCUT2D eigenvalue weighted by atomic mass is 79.9. The number of benzene rings is 1. The summed E-state index contributed by atoms with van der Waals surface area (Å²) in [7, 11) is 0. The number of hydrogen-bond acceptors (Lipinski definition) is 3. The number of nitrogens with one attached hydrogen (secondary N) is 1. The molecule has 4 nitrogen and oxygen atoms in total. The normalized spacial score (nSPS) is 16.2. The summed E-state index contributed by atoms with van der Waals surface area (Å²) in [6.45, 7) is 0.607. The molecule has 0 unspecified atom stereocenters. The molecule has 0 bridgehead atoms. The van der Waals surface area contributed by atoms with Crippen molar-refractivity contribution in [2.45, 2.75) is 25.7 Å². The van der Waals surface area contributed by atoms with Crippen LogP contribution in [0.4, 0.5) is 5.69 Å². The van der Waals surface area contributed by atoms with Gasteiger partial charge in [0.25, 0.3) is 0 Å². The molecule has 0 atom stereocenters. The molecule has 1 saturated carbocycles. The zero-order valence-corrected chi connectivity index (χ0v) is 12.0. The van der Waals surface area contributed by atoms with Crippen LogP contribution in [0.5, 0.6) is 0 Å². The second-order valence-corrected chi connectivity index (χ2v) is 6.00. The number of carbonyl (C=O) groups is 1. The Morgan fingerprint density at radius 1 is 1.53 bits per heavy atom. The molecule has 19 heavy (non-hydrogen) atoms. The molecule has 1 aliphatic carbocycles. The highest BCUT2D eigenvalue weighted by molar-refractivity contribution is 9.10. The topological polar surface area (TPSA) is 73.1 Å². The van der Waals surface area contributed by atoms with Crippen LogP contribution in [0.3, 0.4) is 0 Å². The van der Waals surface area contributed by atoms with E-state index in [-0.39, 0.29) is 11.8 Å². The highest BCUT2D eigenvalue weighted by Gasteiger charge is 2.38. The van der Waals surface area contributed by atoms with Gasteiger partial charge in [-0.05, 0) is 36.5 Å². The van der Waals surface area contributed by atoms with E-state index in [0.29, 0.717) is 12.1 Å². The average Bonchev–Trinajstić information content (AvgIpc) is 2.33. The van der Waals surface area contributed by atoms with Crippen molar-refractivity contribution in [3.05, 3.63) is 28.2 Å². The van der Waals surface area contributed by atoms with Crippen LogP contribution >= 0.6 is 15.9 Å². The molecule has 0 amide bonds. The maximum atomic E-state index is 10.9. The van der Waals surface area contributed by atoms with Crippen molar-refractivity contribution >= 4 is 27.6 Å². The quantitative estimate of drug-likeness (QED) is 0.871. The SMILES string of the molecule is N#Cc1cc(Br)ccc1NCC1(CC(=O)O)CCC1. The number of aliphatic carboxylic acids is 1. The Labute approximate surface area is 120 Å². The predicted molar refractivity (Wildman–Crippen MR) is 75.9 cm³/mol. The van der Waals surface area contributed by atoms with Crippen LogP contribution in [-0.2, 0) is 4.79 Å². The molecule has 1 aliphatic rings. The van der Waals surface area contributed by atoms with Gasteiger partial charge in [-0.3, -0.25) is 4.79 Å². The van der Waals surface area contributed by atoms with Gasteiger partial charge in [0.1, 0.15) is 6.07 Å². The maximum absolute atomic E-state index is 10.9. The number of hydrogen-bond donors (Lipinski definition) is 2. The van der Waals surface area contributed by atoms with E-state index in [2.05, 4.69) is 27.3 Å². The van der Waals surface area contributed by atoms with Gasteiger partial charge in [-0.15, -0.1) is 0 Å².